The first-order chi connectivity index (χ1) is 27.3. The van der Waals surface area contributed by atoms with E-state index in [1.807, 2.05) is 84.1 Å². The van der Waals surface area contributed by atoms with Crippen molar-refractivity contribution in [1.82, 2.24) is 15.0 Å². The molecule has 0 atom stereocenters. The second kappa shape index (κ2) is 12.8. The molecule has 0 amide bonds. The molecule has 0 unspecified atom stereocenters. The highest BCUT2D eigenvalue weighted by Crippen LogP contribution is 2.47. The van der Waals surface area contributed by atoms with Crippen molar-refractivity contribution in [2.24, 2.45) is 0 Å². The molecule has 0 N–H and O–H groups in total. The Labute approximate surface area is 320 Å². The second-order valence-corrected chi connectivity index (χ2v) is 14.7. The van der Waals surface area contributed by atoms with E-state index in [1.54, 1.807) is 0 Å². The molecule has 11 aromatic rings. The van der Waals surface area contributed by atoms with Gasteiger partial charge >= 0.3 is 0 Å². The number of aromatic nitrogens is 3. The summed E-state index contributed by atoms with van der Waals surface area (Å²) in [7, 11) is 0. The number of hydrogen-bond acceptors (Lipinski definition) is 6. The van der Waals surface area contributed by atoms with Crippen molar-refractivity contribution in [1.29, 1.82) is 0 Å². The predicted octanol–water partition coefficient (Wildman–Crippen LogP) is 13.8. The van der Waals surface area contributed by atoms with Gasteiger partial charge in [0, 0.05) is 64.4 Å². The van der Waals surface area contributed by atoms with Crippen LogP contribution in [0.5, 0.6) is 0 Å². The standard InChI is InChI=1S/C49H30N4OS/c1-4-15-31(16-5-1)47-50-48(32-17-6-2-7-18-32)52-49(51-47)40-30-39-35-21-10-12-25-42(35)54-46(39)45-38(40)23-14-24-41(45)53(33-19-8-3-9-20-33)34-27-28-37-36-22-11-13-26-43(36)55-44(37)29-34/h1-30H. The van der Waals surface area contributed by atoms with Crippen LogP contribution in [-0.2, 0) is 0 Å². The van der Waals surface area contributed by atoms with Crippen LogP contribution in [0.1, 0.15) is 0 Å². The van der Waals surface area contributed by atoms with Crippen LogP contribution in [-0.4, -0.2) is 15.0 Å². The van der Waals surface area contributed by atoms with Gasteiger partial charge in [-0.05, 0) is 53.9 Å². The molecule has 0 radical (unpaired) electrons. The maximum absolute atomic E-state index is 6.84. The summed E-state index contributed by atoms with van der Waals surface area (Å²) < 4.78 is 9.35. The van der Waals surface area contributed by atoms with Gasteiger partial charge in [-0.2, -0.15) is 0 Å². The van der Waals surface area contributed by atoms with Crippen LogP contribution in [0.25, 0.3) is 87.0 Å². The number of benzene rings is 8. The summed E-state index contributed by atoms with van der Waals surface area (Å²) in [5.74, 6) is 1.84. The Balaban J connectivity index is 1.23. The van der Waals surface area contributed by atoms with Crippen molar-refractivity contribution >= 4 is 81.3 Å². The monoisotopic (exact) mass is 722 g/mol. The fourth-order valence-electron chi connectivity index (χ4n) is 7.78. The first-order valence-electron chi connectivity index (χ1n) is 18.3. The number of nitrogens with zero attached hydrogens (tertiary/aromatic N) is 4. The molecule has 0 saturated heterocycles. The Morgan fingerprint density at radius 3 is 1.76 bits per heavy atom. The first-order valence-corrected chi connectivity index (χ1v) is 19.1. The third-order valence-corrected chi connectivity index (χ3v) is 11.4. The number of anilines is 3. The summed E-state index contributed by atoms with van der Waals surface area (Å²) in [6.07, 6.45) is 0. The Kier molecular flexibility index (Phi) is 7.28. The average Bonchev–Trinajstić information content (AvgIpc) is 3.82. The van der Waals surface area contributed by atoms with E-state index in [4.69, 9.17) is 19.4 Å². The number of para-hydroxylation sites is 2. The van der Waals surface area contributed by atoms with Gasteiger partial charge in [-0.3, -0.25) is 0 Å². The predicted molar refractivity (Wildman–Crippen MR) is 228 cm³/mol. The van der Waals surface area contributed by atoms with Crippen LogP contribution in [0.2, 0.25) is 0 Å². The summed E-state index contributed by atoms with van der Waals surface area (Å²) in [6, 6.07) is 63.2. The Morgan fingerprint density at radius 1 is 0.418 bits per heavy atom. The zero-order chi connectivity index (χ0) is 36.3. The van der Waals surface area contributed by atoms with Gasteiger partial charge in [0.05, 0.1) is 5.69 Å². The van der Waals surface area contributed by atoms with Crippen LogP contribution in [0.3, 0.4) is 0 Å². The lowest BCUT2D eigenvalue weighted by Crippen LogP contribution is -2.10. The highest BCUT2D eigenvalue weighted by molar-refractivity contribution is 7.25. The van der Waals surface area contributed by atoms with Gasteiger partial charge in [0.15, 0.2) is 17.5 Å². The largest absolute Gasteiger partial charge is 0.455 e. The highest BCUT2D eigenvalue weighted by Gasteiger charge is 2.24. The maximum Gasteiger partial charge on any atom is 0.164 e. The van der Waals surface area contributed by atoms with Crippen molar-refractivity contribution in [2.45, 2.75) is 0 Å². The van der Waals surface area contributed by atoms with Crippen molar-refractivity contribution in [3.05, 3.63) is 182 Å². The van der Waals surface area contributed by atoms with Gasteiger partial charge in [-0.15, -0.1) is 11.3 Å². The third-order valence-electron chi connectivity index (χ3n) is 10.3. The van der Waals surface area contributed by atoms with E-state index in [-0.39, 0.29) is 0 Å². The minimum absolute atomic E-state index is 0.597. The summed E-state index contributed by atoms with van der Waals surface area (Å²) in [6.45, 7) is 0. The molecule has 11 rings (SSSR count). The van der Waals surface area contributed by atoms with Crippen LogP contribution in [0.15, 0.2) is 186 Å². The SMILES string of the molecule is c1ccc(-c2nc(-c3ccccc3)nc(-c3cc4c5ccccc5oc4c4c(N(c5ccccc5)c5ccc6c(c5)sc5ccccc56)cccc34)n2)cc1. The van der Waals surface area contributed by atoms with E-state index in [1.165, 1.54) is 20.2 Å². The summed E-state index contributed by atoms with van der Waals surface area (Å²) >= 11 is 1.82. The van der Waals surface area contributed by atoms with Crippen molar-refractivity contribution < 1.29 is 4.42 Å². The van der Waals surface area contributed by atoms with Gasteiger partial charge in [0.1, 0.15) is 11.2 Å². The molecular formula is C49H30N4OS. The average molecular weight is 723 g/mol. The lowest BCUT2D eigenvalue weighted by Gasteiger charge is -2.27. The van der Waals surface area contributed by atoms with Gasteiger partial charge in [-0.25, -0.2) is 15.0 Å². The summed E-state index contributed by atoms with van der Waals surface area (Å²) in [5.41, 5.74) is 7.50. The molecule has 6 heteroatoms. The number of thiophene rings is 1. The van der Waals surface area contributed by atoms with Gasteiger partial charge in [0.25, 0.3) is 0 Å². The molecule has 8 aromatic carbocycles. The molecule has 0 aliphatic rings. The normalized spacial score (nSPS) is 11.6. The molecule has 55 heavy (non-hydrogen) atoms. The van der Waals surface area contributed by atoms with E-state index in [0.29, 0.717) is 17.5 Å². The van der Waals surface area contributed by atoms with Crippen molar-refractivity contribution in [3.8, 4) is 34.2 Å². The molecule has 3 aromatic heterocycles. The van der Waals surface area contributed by atoms with E-state index in [2.05, 4.69) is 114 Å². The van der Waals surface area contributed by atoms with Gasteiger partial charge in [0.2, 0.25) is 0 Å². The quantitative estimate of drug-likeness (QED) is 0.171. The number of rotatable bonds is 6. The molecule has 3 heterocycles. The zero-order valence-electron chi connectivity index (χ0n) is 29.4. The lowest BCUT2D eigenvalue weighted by atomic mass is 9.97. The van der Waals surface area contributed by atoms with Crippen molar-refractivity contribution in [2.75, 3.05) is 4.90 Å². The fourth-order valence-corrected chi connectivity index (χ4v) is 8.92. The summed E-state index contributed by atoms with van der Waals surface area (Å²) in [4.78, 5) is 17.8. The molecule has 0 aliphatic heterocycles. The van der Waals surface area contributed by atoms with Crippen LogP contribution >= 0.6 is 11.3 Å². The van der Waals surface area contributed by atoms with E-state index in [0.717, 1.165) is 66.5 Å². The Hall–Kier alpha value is -7.15. The molecule has 0 bridgehead atoms. The number of furan rings is 1. The third kappa shape index (κ3) is 5.26. The topological polar surface area (TPSA) is 55.1 Å². The Bertz CT molecular complexity index is 3150. The smallest absolute Gasteiger partial charge is 0.164 e. The summed E-state index contributed by atoms with van der Waals surface area (Å²) in [5, 5.41) is 6.54. The first kappa shape index (κ1) is 31.4. The molecule has 0 saturated carbocycles. The van der Waals surface area contributed by atoms with Crippen molar-refractivity contribution in [3.63, 3.8) is 0 Å². The minimum atomic E-state index is 0.597. The second-order valence-electron chi connectivity index (χ2n) is 13.6. The van der Waals surface area contributed by atoms with Gasteiger partial charge < -0.3 is 9.32 Å². The van der Waals surface area contributed by atoms with E-state index >= 15 is 0 Å². The maximum atomic E-state index is 6.84. The van der Waals surface area contributed by atoms with Crippen LogP contribution in [0, 0.1) is 0 Å². The number of fused-ring (bicyclic) bond motifs is 8. The molecule has 5 nitrogen and oxygen atoms in total. The zero-order valence-corrected chi connectivity index (χ0v) is 30.2. The van der Waals surface area contributed by atoms with Crippen LogP contribution in [0.4, 0.5) is 17.1 Å². The molecule has 0 spiro atoms. The van der Waals surface area contributed by atoms with Crippen LogP contribution < -0.4 is 4.90 Å². The minimum Gasteiger partial charge on any atom is -0.455 e. The molecule has 258 valence electrons. The number of hydrogen-bond donors (Lipinski definition) is 0. The van der Waals surface area contributed by atoms with E-state index < -0.39 is 0 Å². The molecule has 0 fully saturated rings. The van der Waals surface area contributed by atoms with E-state index in [9.17, 15) is 0 Å². The fraction of sp³-hybridized carbons (Fsp3) is 0. The highest BCUT2D eigenvalue weighted by atomic mass is 32.1. The Morgan fingerprint density at radius 2 is 1.02 bits per heavy atom. The van der Waals surface area contributed by atoms with Gasteiger partial charge in [-0.1, -0.05) is 133 Å². The molecular weight excluding hydrogens is 693 g/mol. The molecule has 0 aliphatic carbocycles. The lowest BCUT2D eigenvalue weighted by molar-refractivity contribution is 0.672.